The first-order valence-electron chi connectivity index (χ1n) is 17.5. The third kappa shape index (κ3) is 12.8. The number of phenolic OH excluding ortho intramolecular Hbond substituents is 1. The zero-order valence-electron chi connectivity index (χ0n) is 30.7. The number of ether oxygens (including phenoxy) is 1. The van der Waals surface area contributed by atoms with Crippen LogP contribution in [0.3, 0.4) is 0 Å². The topological polar surface area (TPSA) is 129 Å². The quantitative estimate of drug-likeness (QED) is 0.129. The average molecular weight is 987 g/mol. The minimum atomic E-state index is -4.57. The van der Waals surface area contributed by atoms with Gasteiger partial charge in [-0.25, -0.2) is 9.97 Å². The first kappa shape index (κ1) is 51.8. The lowest BCUT2D eigenvalue weighted by atomic mass is 10.1. The molecule has 0 saturated carbocycles. The van der Waals surface area contributed by atoms with Gasteiger partial charge in [0.05, 0.1) is 28.3 Å². The van der Waals surface area contributed by atoms with Gasteiger partial charge in [-0.05, 0) is 90.5 Å². The Morgan fingerprint density at radius 1 is 0.594 bits per heavy atom. The van der Waals surface area contributed by atoms with Crippen molar-refractivity contribution in [2.75, 3.05) is 0 Å². The van der Waals surface area contributed by atoms with E-state index in [1.165, 1.54) is 0 Å². The van der Waals surface area contributed by atoms with Crippen molar-refractivity contribution in [1.82, 2.24) is 9.97 Å². The van der Waals surface area contributed by atoms with Crippen LogP contribution in [0.15, 0.2) is 142 Å². The van der Waals surface area contributed by atoms with Crippen molar-refractivity contribution in [3.8, 4) is 46.5 Å². The number of fused-ring (bicyclic) bond motifs is 2. The summed E-state index contributed by atoms with van der Waals surface area (Å²) >= 11 is 14.7. The lowest BCUT2D eigenvalue weighted by Gasteiger charge is -2.16. The Bertz CT molecular complexity index is 2810. The Hall–Kier alpha value is -6.52. The normalized spacial score (nSPS) is 11.7. The van der Waals surface area contributed by atoms with Gasteiger partial charge in [0, 0.05) is 15.6 Å². The van der Waals surface area contributed by atoms with E-state index in [2.05, 4.69) is 32.0 Å². The SMILES string of the molecule is C.C.C.N#CC(Br)c1ccc(Cl)cc1.N#CC(Oc1ccc(C(F)(F)F)cc1-c1nc2ccccc2o1)c1ccc(Cl)cc1.Oc1ccc(C(F)(F)F)cc1-c1nc2ccccc2o1. The molecular formula is C47H37BrCl2F6N4O4. The molecule has 0 fully saturated rings. The fraction of sp³-hybridized carbons (Fsp3) is 0.149. The van der Waals surface area contributed by atoms with Gasteiger partial charge in [-0.1, -0.05) is 110 Å². The predicted octanol–water partition coefficient (Wildman–Crippen LogP) is 16.2. The van der Waals surface area contributed by atoms with Crippen molar-refractivity contribution < 1.29 is 45.0 Å². The number of nitrogens with zero attached hydrogens (tertiary/aromatic N) is 4. The lowest BCUT2D eigenvalue weighted by molar-refractivity contribution is -0.138. The second-order valence-corrected chi connectivity index (χ2v) is 14.4. The van der Waals surface area contributed by atoms with E-state index in [0.29, 0.717) is 37.8 Å². The summed E-state index contributed by atoms with van der Waals surface area (Å²) in [6, 6.07) is 36.8. The highest BCUT2D eigenvalue weighted by Gasteiger charge is 2.33. The highest BCUT2D eigenvalue weighted by atomic mass is 79.9. The largest absolute Gasteiger partial charge is 0.507 e. The van der Waals surface area contributed by atoms with E-state index in [1.54, 1.807) is 84.9 Å². The van der Waals surface area contributed by atoms with Gasteiger partial charge in [-0.2, -0.15) is 36.9 Å². The molecule has 0 aliphatic carbocycles. The van der Waals surface area contributed by atoms with Gasteiger partial charge in [0.1, 0.15) is 33.4 Å². The number of phenols is 1. The number of aromatic hydroxyl groups is 1. The summed E-state index contributed by atoms with van der Waals surface area (Å²) in [6.45, 7) is 0. The fourth-order valence-corrected chi connectivity index (χ4v) is 6.03. The molecule has 2 unspecified atom stereocenters. The van der Waals surface area contributed by atoms with Gasteiger partial charge in [0.25, 0.3) is 0 Å². The van der Waals surface area contributed by atoms with E-state index < -0.39 is 29.6 Å². The highest BCUT2D eigenvalue weighted by molar-refractivity contribution is 9.09. The minimum absolute atomic E-state index is 0. The Kier molecular flexibility index (Phi) is 18.0. The summed E-state index contributed by atoms with van der Waals surface area (Å²) in [7, 11) is 0. The van der Waals surface area contributed by atoms with E-state index in [1.807, 2.05) is 18.2 Å². The summed E-state index contributed by atoms with van der Waals surface area (Å²) in [5, 5.41) is 29.0. The number of rotatable bonds is 6. The van der Waals surface area contributed by atoms with Gasteiger partial charge < -0.3 is 18.7 Å². The average Bonchev–Trinajstić information content (AvgIpc) is 3.88. The van der Waals surface area contributed by atoms with Crippen molar-refractivity contribution in [3.05, 3.63) is 166 Å². The van der Waals surface area contributed by atoms with E-state index in [4.69, 9.17) is 42.0 Å². The zero-order valence-corrected chi connectivity index (χ0v) is 33.8. The van der Waals surface area contributed by atoms with Crippen LogP contribution in [-0.4, -0.2) is 15.1 Å². The van der Waals surface area contributed by atoms with Crippen molar-refractivity contribution in [2.24, 2.45) is 0 Å². The maximum atomic E-state index is 13.3. The molecular weight excluding hydrogens is 949 g/mol. The molecule has 2 aromatic heterocycles. The van der Waals surface area contributed by atoms with E-state index in [-0.39, 0.29) is 61.5 Å². The van der Waals surface area contributed by atoms with E-state index in [9.17, 15) is 36.7 Å². The number of benzene rings is 6. The monoisotopic (exact) mass is 984 g/mol. The predicted molar refractivity (Wildman–Crippen MR) is 240 cm³/mol. The second-order valence-electron chi connectivity index (χ2n) is 12.6. The molecule has 0 bridgehead atoms. The number of alkyl halides is 7. The zero-order chi connectivity index (χ0) is 43.9. The lowest BCUT2D eigenvalue weighted by Crippen LogP contribution is -2.08. The first-order valence-corrected chi connectivity index (χ1v) is 19.2. The molecule has 0 aliphatic rings. The standard InChI is InChI=1S/C22H12ClF3N2O2.C14H8F3NO2.C8H5BrClN.3CH4/c23-15-8-5-13(6-9-15)20(12-27)29-18-10-7-14(22(24,25)26)11-16(18)21-28-17-3-1-2-4-19(17)30-21;15-14(16,17)8-5-6-11(19)9(7-8)13-18-10-3-1-2-4-12(10)20-13;9-8(5-11)6-1-3-7(10)4-2-6;;;/h1-11,20H;1-7,19H;1-4,8H;3*1H4. The Morgan fingerprint density at radius 3 is 1.48 bits per heavy atom. The van der Waals surface area contributed by atoms with Crippen LogP contribution in [0.1, 0.15) is 55.5 Å². The van der Waals surface area contributed by atoms with Crippen molar-refractivity contribution in [2.45, 2.75) is 45.6 Å². The molecule has 0 aliphatic heterocycles. The fourth-order valence-electron chi connectivity index (χ4n) is 5.47. The van der Waals surface area contributed by atoms with Crippen LogP contribution in [0, 0.1) is 22.7 Å². The molecule has 0 radical (unpaired) electrons. The number of hydrogen-bond acceptors (Lipinski definition) is 8. The molecule has 8 rings (SSSR count). The molecule has 2 heterocycles. The van der Waals surface area contributed by atoms with Gasteiger partial charge in [0.2, 0.25) is 17.9 Å². The Morgan fingerprint density at radius 2 is 1.03 bits per heavy atom. The minimum Gasteiger partial charge on any atom is -0.507 e. The van der Waals surface area contributed by atoms with Gasteiger partial charge >= 0.3 is 12.4 Å². The van der Waals surface area contributed by atoms with Gasteiger partial charge in [-0.3, -0.25) is 0 Å². The van der Waals surface area contributed by atoms with Crippen LogP contribution in [0.5, 0.6) is 11.5 Å². The summed E-state index contributed by atoms with van der Waals surface area (Å²) in [5.74, 6) is -0.361. The molecule has 0 amide bonds. The molecule has 2 atom stereocenters. The van der Waals surface area contributed by atoms with Crippen molar-refractivity contribution >= 4 is 61.3 Å². The highest BCUT2D eigenvalue weighted by Crippen LogP contribution is 2.40. The molecule has 17 heteroatoms. The van der Waals surface area contributed by atoms with Crippen LogP contribution in [0.25, 0.3) is 45.1 Å². The van der Waals surface area contributed by atoms with Crippen LogP contribution in [-0.2, 0) is 12.4 Å². The summed E-state index contributed by atoms with van der Waals surface area (Å²) < 4.78 is 94.7. The van der Waals surface area contributed by atoms with Crippen molar-refractivity contribution in [3.63, 3.8) is 0 Å². The molecule has 6 aromatic carbocycles. The van der Waals surface area contributed by atoms with Crippen LogP contribution in [0.4, 0.5) is 26.3 Å². The van der Waals surface area contributed by atoms with Crippen LogP contribution >= 0.6 is 39.1 Å². The second kappa shape index (κ2) is 22.2. The first-order chi connectivity index (χ1) is 29.0. The van der Waals surface area contributed by atoms with Gasteiger partial charge in [-0.15, -0.1) is 0 Å². The van der Waals surface area contributed by atoms with Crippen LogP contribution < -0.4 is 4.74 Å². The van der Waals surface area contributed by atoms with E-state index >= 15 is 0 Å². The third-order valence-electron chi connectivity index (χ3n) is 8.49. The summed E-state index contributed by atoms with van der Waals surface area (Å²) in [5.41, 5.74) is 1.46. The molecule has 64 heavy (non-hydrogen) atoms. The number of aromatic nitrogens is 2. The van der Waals surface area contributed by atoms with Crippen molar-refractivity contribution in [1.29, 1.82) is 10.5 Å². The number of para-hydroxylation sites is 4. The van der Waals surface area contributed by atoms with E-state index in [0.717, 1.165) is 42.0 Å². The van der Waals surface area contributed by atoms with Crippen LogP contribution in [0.2, 0.25) is 10.0 Å². The Labute approximate surface area is 383 Å². The molecule has 8 aromatic rings. The summed E-state index contributed by atoms with van der Waals surface area (Å²) in [6.07, 6.45) is -10.1. The maximum absolute atomic E-state index is 13.3. The number of hydrogen-bond donors (Lipinski definition) is 1. The number of halogens is 9. The molecule has 332 valence electrons. The number of oxazole rings is 2. The summed E-state index contributed by atoms with van der Waals surface area (Å²) in [4.78, 5) is 8.11. The third-order valence-corrected chi connectivity index (χ3v) is 9.73. The number of nitriles is 2. The molecule has 1 N–H and O–H groups in total. The smallest absolute Gasteiger partial charge is 0.416 e. The maximum Gasteiger partial charge on any atom is 0.416 e. The molecule has 0 saturated heterocycles. The molecule has 8 nitrogen and oxygen atoms in total. The molecule has 0 spiro atoms. The van der Waals surface area contributed by atoms with Gasteiger partial charge in [0.15, 0.2) is 11.2 Å². The Balaban J connectivity index is 0.000000277.